The minimum absolute atomic E-state index is 0.0106. The van der Waals surface area contributed by atoms with Gasteiger partial charge in [-0.2, -0.15) is 10.3 Å². The van der Waals surface area contributed by atoms with Crippen LogP contribution in [0, 0.1) is 0 Å². The first kappa shape index (κ1) is 16.2. The first-order valence-electron chi connectivity index (χ1n) is 7.35. The number of aliphatic hydroxyl groups excluding tert-OH is 1. The molecule has 25 heavy (non-hydrogen) atoms. The second-order valence-corrected chi connectivity index (χ2v) is 5.26. The molecule has 3 rings (SSSR count). The molecule has 0 aliphatic rings. The number of aliphatic hydroxyl groups is 1. The maximum Gasteiger partial charge on any atom is 0.239 e. The Labute approximate surface area is 142 Å². The summed E-state index contributed by atoms with van der Waals surface area (Å²) in [6.07, 6.45) is 2.51. The maximum absolute atomic E-state index is 12.3. The van der Waals surface area contributed by atoms with E-state index in [9.17, 15) is 14.7 Å². The second-order valence-electron chi connectivity index (χ2n) is 5.26. The number of nitrogens with zero attached hydrogens (tertiary/aromatic N) is 5. The van der Waals surface area contributed by atoms with Gasteiger partial charge in [0, 0.05) is 17.8 Å². The monoisotopic (exact) mass is 338 g/mol. The molecule has 2 heterocycles. The van der Waals surface area contributed by atoms with Crippen LogP contribution >= 0.6 is 0 Å². The van der Waals surface area contributed by atoms with Crippen molar-refractivity contribution < 1.29 is 14.7 Å². The number of aromatic amines is 1. The molecule has 0 spiro atoms. The highest BCUT2D eigenvalue weighted by atomic mass is 16.3. The van der Waals surface area contributed by atoms with Gasteiger partial charge in [-0.25, -0.2) is 0 Å². The summed E-state index contributed by atoms with van der Waals surface area (Å²) < 4.78 is 1.51. The number of benzene rings is 1. The molecule has 0 radical (unpaired) electrons. The van der Waals surface area contributed by atoms with Crippen molar-refractivity contribution >= 4 is 17.3 Å². The summed E-state index contributed by atoms with van der Waals surface area (Å²) >= 11 is 0. The standard InChI is InChI=1S/C16H14N6O3/c1-10(23)12-4-2-11(3-5-12)9-22-13(6-7-17-22)14(24)8-15(25)16-18-20-21-19-16/h2-8,25H,9H2,1H3,(H,18,19,20,21). The first-order chi connectivity index (χ1) is 12.0. The molecular weight excluding hydrogens is 324 g/mol. The number of aromatic nitrogens is 6. The van der Waals surface area contributed by atoms with Crippen molar-refractivity contribution in [3.8, 4) is 0 Å². The van der Waals surface area contributed by atoms with E-state index < -0.39 is 11.5 Å². The van der Waals surface area contributed by atoms with E-state index in [0.717, 1.165) is 11.6 Å². The van der Waals surface area contributed by atoms with Gasteiger partial charge in [0.15, 0.2) is 11.5 Å². The molecule has 9 heteroatoms. The molecule has 0 atom stereocenters. The Bertz CT molecular complexity index is 925. The van der Waals surface area contributed by atoms with Crippen molar-refractivity contribution in [3.63, 3.8) is 0 Å². The molecule has 0 unspecified atom stereocenters. The number of nitrogens with one attached hydrogen (secondary N) is 1. The molecule has 126 valence electrons. The van der Waals surface area contributed by atoms with Crippen LogP contribution < -0.4 is 0 Å². The lowest BCUT2D eigenvalue weighted by atomic mass is 10.1. The van der Waals surface area contributed by atoms with Gasteiger partial charge in [-0.15, -0.1) is 10.2 Å². The van der Waals surface area contributed by atoms with Crippen molar-refractivity contribution in [2.45, 2.75) is 13.5 Å². The van der Waals surface area contributed by atoms with Gasteiger partial charge < -0.3 is 5.11 Å². The summed E-state index contributed by atoms with van der Waals surface area (Å²) in [4.78, 5) is 23.6. The molecule has 0 saturated heterocycles. The van der Waals surface area contributed by atoms with E-state index in [1.165, 1.54) is 17.8 Å². The Kier molecular flexibility index (Phi) is 4.46. The number of Topliss-reactive ketones (excluding diaryl/α,β-unsaturated/α-hetero) is 1. The zero-order valence-electron chi connectivity index (χ0n) is 13.2. The van der Waals surface area contributed by atoms with E-state index in [4.69, 9.17) is 0 Å². The molecule has 0 bridgehead atoms. The van der Waals surface area contributed by atoms with Gasteiger partial charge in [0.1, 0.15) is 5.69 Å². The van der Waals surface area contributed by atoms with E-state index in [1.54, 1.807) is 30.3 Å². The van der Waals surface area contributed by atoms with Crippen LogP contribution in [0.25, 0.3) is 5.76 Å². The van der Waals surface area contributed by atoms with Gasteiger partial charge in [-0.05, 0) is 23.8 Å². The normalized spacial score (nSPS) is 11.5. The molecule has 9 nitrogen and oxygen atoms in total. The number of H-pyrrole nitrogens is 1. The molecule has 2 aromatic heterocycles. The number of carbonyl (C=O) groups excluding carboxylic acids is 2. The Hall–Kier alpha value is -3.62. The average molecular weight is 338 g/mol. The van der Waals surface area contributed by atoms with Gasteiger partial charge in [-0.3, -0.25) is 14.3 Å². The first-order valence-corrected chi connectivity index (χ1v) is 7.35. The van der Waals surface area contributed by atoms with Crippen LogP contribution in [0.2, 0.25) is 0 Å². The highest BCUT2D eigenvalue weighted by Crippen LogP contribution is 2.11. The van der Waals surface area contributed by atoms with Crippen molar-refractivity contribution in [1.29, 1.82) is 0 Å². The van der Waals surface area contributed by atoms with Crippen LogP contribution in [0.4, 0.5) is 0 Å². The lowest BCUT2D eigenvalue weighted by Crippen LogP contribution is -2.10. The van der Waals surface area contributed by atoms with Gasteiger partial charge in [-0.1, -0.05) is 24.3 Å². The van der Waals surface area contributed by atoms with Crippen LogP contribution in [-0.4, -0.2) is 47.1 Å². The van der Waals surface area contributed by atoms with Crippen molar-refractivity contribution in [2.24, 2.45) is 0 Å². The number of ketones is 2. The number of rotatable bonds is 6. The lowest BCUT2D eigenvalue weighted by molar-refractivity contribution is 0.101. The van der Waals surface area contributed by atoms with Gasteiger partial charge in [0.05, 0.1) is 6.54 Å². The fourth-order valence-electron chi connectivity index (χ4n) is 2.22. The SMILES string of the molecule is CC(=O)c1ccc(Cn2nccc2C(=O)C=C(O)c2nn[nH]n2)cc1. The Morgan fingerprint density at radius 2 is 2.00 bits per heavy atom. The largest absolute Gasteiger partial charge is 0.504 e. The fraction of sp³-hybridized carbons (Fsp3) is 0.125. The summed E-state index contributed by atoms with van der Waals surface area (Å²) in [7, 11) is 0. The van der Waals surface area contributed by atoms with E-state index in [0.29, 0.717) is 17.8 Å². The Morgan fingerprint density at radius 1 is 1.24 bits per heavy atom. The third-order valence-corrected chi connectivity index (χ3v) is 3.50. The third kappa shape index (κ3) is 3.66. The van der Waals surface area contributed by atoms with Gasteiger partial charge >= 0.3 is 0 Å². The molecule has 1 aromatic carbocycles. The molecule has 0 amide bonds. The minimum Gasteiger partial charge on any atom is -0.504 e. The summed E-state index contributed by atoms with van der Waals surface area (Å²) in [5.74, 6) is -0.916. The van der Waals surface area contributed by atoms with Crippen LogP contribution in [0.1, 0.15) is 39.2 Å². The van der Waals surface area contributed by atoms with Crippen LogP contribution in [0.5, 0.6) is 0 Å². The smallest absolute Gasteiger partial charge is 0.239 e. The maximum atomic E-state index is 12.3. The van der Waals surface area contributed by atoms with E-state index >= 15 is 0 Å². The van der Waals surface area contributed by atoms with E-state index in [1.807, 2.05) is 0 Å². The zero-order valence-corrected chi connectivity index (χ0v) is 13.2. The highest BCUT2D eigenvalue weighted by molar-refractivity contribution is 6.06. The Morgan fingerprint density at radius 3 is 2.64 bits per heavy atom. The van der Waals surface area contributed by atoms with Crippen LogP contribution in [0.3, 0.4) is 0 Å². The average Bonchev–Trinajstić information content (AvgIpc) is 3.27. The van der Waals surface area contributed by atoms with Gasteiger partial charge in [0.2, 0.25) is 11.6 Å². The zero-order chi connectivity index (χ0) is 17.8. The molecular formula is C16H14N6O3. The van der Waals surface area contributed by atoms with Crippen molar-refractivity contribution in [3.05, 3.63) is 65.2 Å². The predicted molar refractivity (Wildman–Crippen MR) is 86.9 cm³/mol. The lowest BCUT2D eigenvalue weighted by Gasteiger charge is -2.06. The highest BCUT2D eigenvalue weighted by Gasteiger charge is 2.14. The van der Waals surface area contributed by atoms with E-state index in [2.05, 4.69) is 25.7 Å². The van der Waals surface area contributed by atoms with E-state index in [-0.39, 0.29) is 11.6 Å². The minimum atomic E-state index is -0.444. The molecule has 3 aromatic rings. The second kappa shape index (κ2) is 6.87. The fourth-order valence-corrected chi connectivity index (χ4v) is 2.22. The number of hydrogen-bond acceptors (Lipinski definition) is 7. The quantitative estimate of drug-likeness (QED) is 0.395. The number of hydrogen-bond donors (Lipinski definition) is 2. The Balaban J connectivity index is 1.79. The summed E-state index contributed by atoms with van der Waals surface area (Å²) in [6.45, 7) is 1.85. The summed E-state index contributed by atoms with van der Waals surface area (Å²) in [5.41, 5.74) is 1.80. The predicted octanol–water partition coefficient (Wildman–Crippen LogP) is 1.43. The molecule has 2 N–H and O–H groups in total. The molecule has 0 aliphatic heterocycles. The van der Waals surface area contributed by atoms with Crippen molar-refractivity contribution in [1.82, 2.24) is 30.4 Å². The molecule has 0 saturated carbocycles. The van der Waals surface area contributed by atoms with Crippen molar-refractivity contribution in [2.75, 3.05) is 0 Å². The van der Waals surface area contributed by atoms with Crippen LogP contribution in [0.15, 0.2) is 42.6 Å². The topological polar surface area (TPSA) is 127 Å². The summed E-state index contributed by atoms with van der Waals surface area (Å²) in [5, 5.41) is 26.7. The number of allylic oxidation sites excluding steroid dienone is 1. The number of tetrazole rings is 1. The molecule has 0 fully saturated rings. The summed E-state index contributed by atoms with van der Waals surface area (Å²) in [6, 6.07) is 8.61. The molecule has 0 aliphatic carbocycles. The van der Waals surface area contributed by atoms with Gasteiger partial charge in [0.25, 0.3) is 0 Å². The third-order valence-electron chi connectivity index (χ3n) is 3.50. The number of carbonyl (C=O) groups is 2. The van der Waals surface area contributed by atoms with Crippen LogP contribution in [-0.2, 0) is 6.54 Å².